The molecule has 96 valence electrons. The van der Waals surface area contributed by atoms with Crippen LogP contribution >= 0.6 is 33.9 Å². The SMILES string of the molecule is CCNC(c1csc(I)c1)c1ccc(F)c(C)c1. The molecule has 0 bridgehead atoms. The first-order chi connectivity index (χ1) is 8.61. The van der Waals surface area contributed by atoms with Gasteiger partial charge >= 0.3 is 0 Å². The maximum atomic E-state index is 13.3. The van der Waals surface area contributed by atoms with Gasteiger partial charge in [0.05, 0.1) is 8.93 Å². The molecule has 0 spiro atoms. The topological polar surface area (TPSA) is 12.0 Å². The molecule has 0 amide bonds. The van der Waals surface area contributed by atoms with Crippen molar-refractivity contribution in [2.75, 3.05) is 6.54 Å². The molecule has 0 fully saturated rings. The summed E-state index contributed by atoms with van der Waals surface area (Å²) in [6.45, 7) is 4.77. The number of nitrogens with one attached hydrogen (secondary N) is 1. The minimum absolute atomic E-state index is 0.145. The molecule has 1 unspecified atom stereocenters. The largest absolute Gasteiger partial charge is 0.307 e. The first kappa shape index (κ1) is 14.0. The average molecular weight is 375 g/mol. The van der Waals surface area contributed by atoms with Gasteiger partial charge in [0.15, 0.2) is 0 Å². The van der Waals surface area contributed by atoms with Gasteiger partial charge in [-0.05, 0) is 70.3 Å². The number of aryl methyl sites for hydroxylation is 1. The molecule has 18 heavy (non-hydrogen) atoms. The van der Waals surface area contributed by atoms with Crippen LogP contribution in [0.1, 0.15) is 29.7 Å². The van der Waals surface area contributed by atoms with Crippen LogP contribution in [-0.4, -0.2) is 6.54 Å². The molecule has 4 heteroatoms. The van der Waals surface area contributed by atoms with E-state index in [9.17, 15) is 4.39 Å². The molecule has 1 heterocycles. The van der Waals surface area contributed by atoms with Crippen molar-refractivity contribution in [2.45, 2.75) is 19.9 Å². The maximum absolute atomic E-state index is 13.3. The molecule has 2 aromatic rings. The Balaban J connectivity index is 2.37. The third kappa shape index (κ3) is 3.10. The van der Waals surface area contributed by atoms with Gasteiger partial charge in [0.2, 0.25) is 0 Å². The number of halogens is 2. The van der Waals surface area contributed by atoms with Gasteiger partial charge in [-0.15, -0.1) is 11.3 Å². The first-order valence-electron chi connectivity index (χ1n) is 5.85. The van der Waals surface area contributed by atoms with E-state index in [0.29, 0.717) is 5.56 Å². The number of benzene rings is 1. The van der Waals surface area contributed by atoms with Crippen molar-refractivity contribution in [3.63, 3.8) is 0 Å². The predicted molar refractivity (Wildman–Crippen MR) is 83.7 cm³/mol. The zero-order valence-electron chi connectivity index (χ0n) is 10.3. The Morgan fingerprint density at radius 1 is 1.33 bits per heavy atom. The predicted octanol–water partition coefficient (Wildman–Crippen LogP) is 4.50. The zero-order chi connectivity index (χ0) is 13.1. The third-order valence-electron chi connectivity index (χ3n) is 2.84. The molecule has 2 rings (SSSR count). The molecular weight excluding hydrogens is 360 g/mol. The number of rotatable bonds is 4. The van der Waals surface area contributed by atoms with Crippen LogP contribution in [0.4, 0.5) is 4.39 Å². The van der Waals surface area contributed by atoms with Crippen molar-refractivity contribution < 1.29 is 4.39 Å². The van der Waals surface area contributed by atoms with Crippen LogP contribution in [0.5, 0.6) is 0 Å². The third-order valence-corrected chi connectivity index (χ3v) is 4.65. The first-order valence-corrected chi connectivity index (χ1v) is 7.81. The maximum Gasteiger partial charge on any atom is 0.126 e. The van der Waals surface area contributed by atoms with Gasteiger partial charge in [0.25, 0.3) is 0 Å². The van der Waals surface area contributed by atoms with Gasteiger partial charge in [-0.3, -0.25) is 0 Å². The van der Waals surface area contributed by atoms with Gasteiger partial charge in [0, 0.05) is 0 Å². The van der Waals surface area contributed by atoms with Crippen molar-refractivity contribution in [2.24, 2.45) is 0 Å². The summed E-state index contributed by atoms with van der Waals surface area (Å²) in [6.07, 6.45) is 0. The molecule has 0 saturated heterocycles. The monoisotopic (exact) mass is 375 g/mol. The molecule has 0 radical (unpaired) electrons. The van der Waals surface area contributed by atoms with Gasteiger partial charge < -0.3 is 5.32 Å². The highest BCUT2D eigenvalue weighted by molar-refractivity contribution is 14.1. The average Bonchev–Trinajstić information content (AvgIpc) is 2.76. The molecule has 0 saturated carbocycles. The molecule has 0 aliphatic rings. The van der Waals surface area contributed by atoms with E-state index >= 15 is 0 Å². The van der Waals surface area contributed by atoms with E-state index in [4.69, 9.17) is 0 Å². The lowest BCUT2D eigenvalue weighted by Gasteiger charge is -2.18. The Labute approximate surface area is 125 Å². The fraction of sp³-hybridized carbons (Fsp3) is 0.286. The van der Waals surface area contributed by atoms with Crippen LogP contribution in [0.25, 0.3) is 0 Å². The van der Waals surface area contributed by atoms with Crippen molar-refractivity contribution >= 4 is 33.9 Å². The van der Waals surface area contributed by atoms with Crippen LogP contribution in [0, 0.1) is 15.6 Å². The van der Waals surface area contributed by atoms with Crippen LogP contribution in [0.15, 0.2) is 29.6 Å². The summed E-state index contributed by atoms with van der Waals surface area (Å²) >= 11 is 4.06. The minimum atomic E-state index is -0.145. The summed E-state index contributed by atoms with van der Waals surface area (Å²) in [5, 5.41) is 5.62. The number of hydrogen-bond donors (Lipinski definition) is 1. The standard InChI is InChI=1S/C14H15FINS/c1-3-17-14(11-7-13(16)18-8-11)10-4-5-12(15)9(2)6-10/h4-8,14,17H,3H2,1-2H3. The summed E-state index contributed by atoms with van der Waals surface area (Å²) in [5.41, 5.74) is 3.06. The lowest BCUT2D eigenvalue weighted by atomic mass is 9.99. The van der Waals surface area contributed by atoms with Gasteiger partial charge in [-0.1, -0.05) is 19.1 Å². The van der Waals surface area contributed by atoms with Crippen LogP contribution in [0.2, 0.25) is 0 Å². The molecule has 1 aromatic carbocycles. The molecule has 0 aliphatic heterocycles. The van der Waals surface area contributed by atoms with Crippen molar-refractivity contribution in [3.8, 4) is 0 Å². The second kappa shape index (κ2) is 6.12. The zero-order valence-corrected chi connectivity index (χ0v) is 13.3. The summed E-state index contributed by atoms with van der Waals surface area (Å²) in [7, 11) is 0. The Kier molecular flexibility index (Phi) is 4.75. The van der Waals surface area contributed by atoms with Crippen LogP contribution in [0.3, 0.4) is 0 Å². The lowest BCUT2D eigenvalue weighted by molar-refractivity contribution is 0.607. The number of hydrogen-bond acceptors (Lipinski definition) is 2. The molecule has 1 atom stereocenters. The lowest BCUT2D eigenvalue weighted by Crippen LogP contribution is -2.21. The second-order valence-electron chi connectivity index (χ2n) is 4.18. The van der Waals surface area contributed by atoms with E-state index in [0.717, 1.165) is 12.1 Å². The van der Waals surface area contributed by atoms with E-state index in [-0.39, 0.29) is 11.9 Å². The van der Waals surface area contributed by atoms with E-state index in [1.54, 1.807) is 24.3 Å². The fourth-order valence-corrected chi connectivity index (χ4v) is 3.35. The van der Waals surface area contributed by atoms with Crippen LogP contribution in [-0.2, 0) is 0 Å². The van der Waals surface area contributed by atoms with Crippen molar-refractivity contribution in [1.29, 1.82) is 0 Å². The van der Waals surface area contributed by atoms with Crippen LogP contribution < -0.4 is 5.32 Å². The highest BCUT2D eigenvalue weighted by Gasteiger charge is 2.15. The van der Waals surface area contributed by atoms with E-state index in [2.05, 4.69) is 46.3 Å². The minimum Gasteiger partial charge on any atom is -0.307 e. The van der Waals surface area contributed by atoms with Crippen molar-refractivity contribution in [1.82, 2.24) is 5.32 Å². The highest BCUT2D eigenvalue weighted by atomic mass is 127. The summed E-state index contributed by atoms with van der Waals surface area (Å²) in [5.74, 6) is -0.145. The quantitative estimate of drug-likeness (QED) is 0.776. The molecule has 1 nitrogen and oxygen atoms in total. The summed E-state index contributed by atoms with van der Waals surface area (Å²) in [4.78, 5) is 0. The van der Waals surface area contributed by atoms with Crippen molar-refractivity contribution in [3.05, 3.63) is 55.0 Å². The summed E-state index contributed by atoms with van der Waals surface area (Å²) in [6, 6.07) is 7.66. The van der Waals surface area contributed by atoms with Gasteiger partial charge in [-0.25, -0.2) is 4.39 Å². The van der Waals surface area contributed by atoms with Gasteiger partial charge in [-0.2, -0.15) is 0 Å². The Morgan fingerprint density at radius 2 is 2.11 bits per heavy atom. The second-order valence-corrected chi connectivity index (χ2v) is 6.99. The van der Waals surface area contributed by atoms with E-state index < -0.39 is 0 Å². The Hall–Kier alpha value is -0.460. The normalized spacial score (nSPS) is 12.7. The Bertz CT molecular complexity index is 538. The molecule has 1 aromatic heterocycles. The molecule has 1 N–H and O–H groups in total. The smallest absolute Gasteiger partial charge is 0.126 e. The van der Waals surface area contributed by atoms with E-state index in [1.807, 2.05) is 12.1 Å². The highest BCUT2D eigenvalue weighted by Crippen LogP contribution is 2.28. The number of thiophene rings is 1. The van der Waals surface area contributed by atoms with Gasteiger partial charge in [0.1, 0.15) is 5.82 Å². The Morgan fingerprint density at radius 3 is 2.67 bits per heavy atom. The fourth-order valence-electron chi connectivity index (χ4n) is 1.95. The van der Waals surface area contributed by atoms with E-state index in [1.165, 1.54) is 8.45 Å². The molecular formula is C14H15FINS. The summed E-state index contributed by atoms with van der Waals surface area (Å²) < 4.78 is 14.6. The molecule has 0 aliphatic carbocycles.